The normalized spacial score (nSPS) is 10.8. The molecule has 0 aliphatic rings. The molecule has 0 unspecified atom stereocenters. The first-order valence-corrected chi connectivity index (χ1v) is 8.04. The first kappa shape index (κ1) is 15.8. The van der Waals surface area contributed by atoms with Crippen LogP contribution in [0.5, 0.6) is 0 Å². The molecule has 0 radical (unpaired) electrons. The second-order valence-electron chi connectivity index (χ2n) is 5.77. The largest absolute Gasteiger partial charge is 0.381 e. The fourth-order valence-electron chi connectivity index (χ4n) is 2.71. The lowest BCUT2D eigenvalue weighted by molar-refractivity contribution is 0.710. The minimum atomic E-state index is -0.191. The van der Waals surface area contributed by atoms with E-state index in [9.17, 15) is 4.79 Å². The highest BCUT2D eigenvalue weighted by Crippen LogP contribution is 2.30. The zero-order chi connectivity index (χ0) is 18.1. The Morgan fingerprint density at radius 2 is 1.62 bits per heavy atom. The van der Waals surface area contributed by atoms with Gasteiger partial charge in [0.25, 0.3) is 5.56 Å². The van der Waals surface area contributed by atoms with E-state index in [1.165, 1.54) is 10.7 Å². The summed E-state index contributed by atoms with van der Waals surface area (Å²) in [5, 5.41) is 4.33. The number of benzene rings is 1. The van der Waals surface area contributed by atoms with Gasteiger partial charge in [-0.05, 0) is 18.2 Å². The van der Waals surface area contributed by atoms with Gasteiger partial charge in [0.2, 0.25) is 0 Å². The Hall–Kier alpha value is -3.74. The summed E-state index contributed by atoms with van der Waals surface area (Å²) in [6, 6.07) is 16.5. The summed E-state index contributed by atoms with van der Waals surface area (Å²) in [5.74, 6) is 0.828. The van der Waals surface area contributed by atoms with Crippen molar-refractivity contribution in [1.29, 1.82) is 0 Å². The Kier molecular flexibility index (Phi) is 3.81. The van der Waals surface area contributed by atoms with Crippen molar-refractivity contribution in [2.24, 2.45) is 7.05 Å². The molecule has 0 aliphatic carbocycles. The molecule has 0 bridgehead atoms. The van der Waals surface area contributed by atoms with E-state index in [-0.39, 0.29) is 5.56 Å². The fraction of sp³-hybridized carbons (Fsp3) is 0.0526. The first-order valence-electron chi connectivity index (χ1n) is 8.04. The number of nitrogen functional groups attached to an aromatic ring is 1. The maximum absolute atomic E-state index is 11.7. The van der Waals surface area contributed by atoms with Crippen molar-refractivity contribution in [3.63, 3.8) is 0 Å². The van der Waals surface area contributed by atoms with E-state index < -0.39 is 0 Å². The van der Waals surface area contributed by atoms with Crippen LogP contribution in [0.1, 0.15) is 0 Å². The highest BCUT2D eigenvalue weighted by atomic mass is 16.1. The molecule has 26 heavy (non-hydrogen) atoms. The van der Waals surface area contributed by atoms with Crippen LogP contribution < -0.4 is 11.3 Å². The molecule has 0 spiro atoms. The summed E-state index contributed by atoms with van der Waals surface area (Å²) in [6.45, 7) is 0. The highest BCUT2D eigenvalue weighted by molar-refractivity contribution is 5.78. The lowest BCUT2D eigenvalue weighted by atomic mass is 10.1. The summed E-state index contributed by atoms with van der Waals surface area (Å²) in [7, 11) is 1.60. The molecule has 3 heterocycles. The summed E-state index contributed by atoms with van der Waals surface area (Å²) < 4.78 is 3.07. The number of rotatable bonds is 3. The molecule has 0 saturated carbocycles. The van der Waals surface area contributed by atoms with Crippen LogP contribution in [0, 0.1) is 0 Å². The van der Waals surface area contributed by atoms with Gasteiger partial charge in [0.15, 0.2) is 11.6 Å². The van der Waals surface area contributed by atoms with Gasteiger partial charge in [-0.15, -0.1) is 0 Å². The minimum Gasteiger partial charge on any atom is -0.381 e. The third-order valence-electron chi connectivity index (χ3n) is 4.00. The molecule has 7 heteroatoms. The van der Waals surface area contributed by atoms with E-state index in [4.69, 9.17) is 10.7 Å². The fourth-order valence-corrected chi connectivity index (χ4v) is 2.71. The van der Waals surface area contributed by atoms with Crippen molar-refractivity contribution in [3.05, 3.63) is 77.3 Å². The lowest BCUT2D eigenvalue weighted by Crippen LogP contribution is -2.19. The zero-order valence-corrected chi connectivity index (χ0v) is 14.1. The molecule has 128 valence electrons. The Labute approximate surface area is 149 Å². The van der Waals surface area contributed by atoms with Gasteiger partial charge >= 0.3 is 0 Å². The molecule has 0 amide bonds. The highest BCUT2D eigenvalue weighted by Gasteiger charge is 2.17. The van der Waals surface area contributed by atoms with Crippen molar-refractivity contribution < 1.29 is 0 Å². The van der Waals surface area contributed by atoms with E-state index in [2.05, 4.69) is 10.1 Å². The standard InChI is InChI=1S/C19H16N6O/c1-24-15(26)10-9-14(23-24)17-16(13-7-3-2-4-8-13)21-18(20)19(22-17)25-11-5-6-12-25/h2-12H,1H3,(H2,20,21). The summed E-state index contributed by atoms with van der Waals surface area (Å²) in [4.78, 5) is 21.0. The molecule has 1 aromatic carbocycles. The van der Waals surface area contributed by atoms with Gasteiger partial charge in [-0.25, -0.2) is 14.6 Å². The smallest absolute Gasteiger partial charge is 0.266 e. The van der Waals surface area contributed by atoms with Gasteiger partial charge < -0.3 is 10.3 Å². The number of nitrogens with two attached hydrogens (primary N) is 1. The SMILES string of the molecule is Cn1nc(-c2nc(-n3cccc3)c(N)nc2-c2ccccc2)ccc1=O. The van der Waals surface area contributed by atoms with Gasteiger partial charge in [-0.3, -0.25) is 4.79 Å². The Morgan fingerprint density at radius 3 is 2.31 bits per heavy atom. The molecular weight excluding hydrogens is 328 g/mol. The molecular formula is C19H16N6O. The molecule has 0 fully saturated rings. The molecule has 0 aliphatic heterocycles. The third-order valence-corrected chi connectivity index (χ3v) is 4.00. The Balaban J connectivity index is 2.00. The third kappa shape index (κ3) is 2.75. The predicted octanol–water partition coefficient (Wildman–Crippen LogP) is 2.28. The molecule has 0 saturated heterocycles. The van der Waals surface area contributed by atoms with Gasteiger partial charge in [0.1, 0.15) is 17.1 Å². The number of hydrogen-bond donors (Lipinski definition) is 1. The second-order valence-corrected chi connectivity index (χ2v) is 5.77. The minimum absolute atomic E-state index is 0.191. The van der Waals surface area contributed by atoms with Crippen LogP contribution in [0.25, 0.3) is 28.5 Å². The molecule has 4 rings (SSSR count). The Bertz CT molecular complexity index is 1120. The summed E-state index contributed by atoms with van der Waals surface area (Å²) in [6.07, 6.45) is 3.70. The van der Waals surface area contributed by atoms with E-state index in [1.807, 2.05) is 54.9 Å². The van der Waals surface area contributed by atoms with Crippen LogP contribution >= 0.6 is 0 Å². The van der Waals surface area contributed by atoms with Crippen LogP contribution in [-0.2, 0) is 7.05 Å². The zero-order valence-electron chi connectivity index (χ0n) is 14.1. The van der Waals surface area contributed by atoms with Gasteiger partial charge in [0.05, 0.1) is 0 Å². The van der Waals surface area contributed by atoms with Crippen molar-refractivity contribution >= 4 is 5.82 Å². The average molecular weight is 344 g/mol. The lowest BCUT2D eigenvalue weighted by Gasteiger charge is -2.13. The van der Waals surface area contributed by atoms with Crippen LogP contribution in [0.15, 0.2) is 71.8 Å². The molecule has 4 aromatic rings. The number of aryl methyl sites for hydroxylation is 1. The van der Waals surface area contributed by atoms with Gasteiger partial charge in [-0.1, -0.05) is 30.3 Å². The monoisotopic (exact) mass is 344 g/mol. The van der Waals surface area contributed by atoms with E-state index in [1.54, 1.807) is 17.7 Å². The molecule has 2 N–H and O–H groups in total. The molecule has 3 aromatic heterocycles. The average Bonchev–Trinajstić information content (AvgIpc) is 3.19. The summed E-state index contributed by atoms with van der Waals surface area (Å²) >= 11 is 0. The molecule has 0 atom stereocenters. The topological polar surface area (TPSA) is 91.6 Å². The number of nitrogens with zero attached hydrogens (tertiary/aromatic N) is 5. The Morgan fingerprint density at radius 1 is 0.885 bits per heavy atom. The maximum atomic E-state index is 11.7. The maximum Gasteiger partial charge on any atom is 0.266 e. The van der Waals surface area contributed by atoms with Crippen LogP contribution in [0.2, 0.25) is 0 Å². The van der Waals surface area contributed by atoms with Crippen LogP contribution in [0.4, 0.5) is 5.82 Å². The summed E-state index contributed by atoms with van der Waals surface area (Å²) in [5.41, 5.74) is 8.59. The first-order chi connectivity index (χ1) is 12.6. The number of hydrogen-bond acceptors (Lipinski definition) is 5. The van der Waals surface area contributed by atoms with Crippen molar-refractivity contribution in [2.45, 2.75) is 0 Å². The van der Waals surface area contributed by atoms with Crippen LogP contribution in [0.3, 0.4) is 0 Å². The van der Waals surface area contributed by atoms with E-state index >= 15 is 0 Å². The van der Waals surface area contributed by atoms with Gasteiger partial charge in [-0.2, -0.15) is 5.10 Å². The van der Waals surface area contributed by atoms with Crippen molar-refractivity contribution in [1.82, 2.24) is 24.3 Å². The predicted molar refractivity (Wildman–Crippen MR) is 99.7 cm³/mol. The van der Waals surface area contributed by atoms with E-state index in [0.29, 0.717) is 28.7 Å². The van der Waals surface area contributed by atoms with Crippen molar-refractivity contribution in [3.8, 4) is 28.5 Å². The van der Waals surface area contributed by atoms with Gasteiger partial charge in [0, 0.05) is 31.1 Å². The van der Waals surface area contributed by atoms with E-state index in [0.717, 1.165) is 5.56 Å². The molecule has 7 nitrogen and oxygen atoms in total. The van der Waals surface area contributed by atoms with Crippen molar-refractivity contribution in [2.75, 3.05) is 5.73 Å². The number of aromatic nitrogens is 5. The number of anilines is 1. The quantitative estimate of drug-likeness (QED) is 0.615. The second kappa shape index (κ2) is 6.29. The van der Waals surface area contributed by atoms with Crippen LogP contribution in [-0.4, -0.2) is 24.3 Å².